The van der Waals surface area contributed by atoms with E-state index in [1.165, 1.54) is 0 Å². The molecule has 0 aliphatic heterocycles. The molecule has 3 heteroatoms. The molecule has 19 heavy (non-hydrogen) atoms. The van der Waals surface area contributed by atoms with Crippen LogP contribution in [0.2, 0.25) is 0 Å². The van der Waals surface area contributed by atoms with Gasteiger partial charge in [0.05, 0.1) is 5.69 Å². The van der Waals surface area contributed by atoms with Gasteiger partial charge in [-0.05, 0) is 32.5 Å². The molecule has 3 nitrogen and oxygen atoms in total. The lowest BCUT2D eigenvalue weighted by Gasteiger charge is -2.18. The van der Waals surface area contributed by atoms with Crippen molar-refractivity contribution in [2.45, 2.75) is 26.4 Å². The predicted molar refractivity (Wildman–Crippen MR) is 79.3 cm³/mol. The maximum atomic E-state index is 12.5. The summed E-state index contributed by atoms with van der Waals surface area (Å²) in [6.07, 6.45) is 0. The van der Waals surface area contributed by atoms with Crippen LogP contribution in [0.3, 0.4) is 0 Å². The molecule has 0 saturated heterocycles. The third-order valence-corrected chi connectivity index (χ3v) is 3.15. The normalized spacial score (nSPS) is 10.9. The Morgan fingerprint density at radius 3 is 2.37 bits per heavy atom. The summed E-state index contributed by atoms with van der Waals surface area (Å²) < 4.78 is 1.86. The molecule has 100 valence electrons. The SMILES string of the molecule is CNCc1ccc(-c2ccccc2)n(C(C)C)c1=O. The Kier molecular flexibility index (Phi) is 4.17. The quantitative estimate of drug-likeness (QED) is 0.912. The van der Waals surface area contributed by atoms with Crippen molar-refractivity contribution in [3.05, 3.63) is 58.4 Å². The Hall–Kier alpha value is -1.87. The van der Waals surface area contributed by atoms with Gasteiger partial charge in [-0.3, -0.25) is 4.79 Å². The van der Waals surface area contributed by atoms with Crippen LogP contribution in [0.25, 0.3) is 11.3 Å². The second-order valence-corrected chi connectivity index (χ2v) is 4.91. The minimum atomic E-state index is 0.0886. The summed E-state index contributed by atoms with van der Waals surface area (Å²) in [6, 6.07) is 14.1. The summed E-state index contributed by atoms with van der Waals surface area (Å²) in [6.45, 7) is 4.68. The van der Waals surface area contributed by atoms with Crippen molar-refractivity contribution in [2.75, 3.05) is 7.05 Å². The Morgan fingerprint density at radius 2 is 1.79 bits per heavy atom. The van der Waals surface area contributed by atoms with Gasteiger partial charge in [-0.2, -0.15) is 0 Å². The van der Waals surface area contributed by atoms with Crippen LogP contribution in [0.15, 0.2) is 47.3 Å². The number of nitrogens with one attached hydrogen (secondary N) is 1. The molecule has 0 unspecified atom stereocenters. The van der Waals surface area contributed by atoms with Crippen LogP contribution in [0, 0.1) is 0 Å². The Bertz CT molecular complexity index is 600. The van der Waals surface area contributed by atoms with Gasteiger partial charge in [-0.1, -0.05) is 36.4 Å². The molecule has 0 spiro atoms. The standard InChI is InChI=1S/C16H20N2O/c1-12(2)18-15(13-7-5-4-6-8-13)10-9-14(11-17-3)16(18)19/h4-10,12,17H,11H2,1-3H3. The first kappa shape index (κ1) is 13.6. The maximum Gasteiger partial charge on any atom is 0.255 e. The second kappa shape index (κ2) is 5.85. The minimum absolute atomic E-state index is 0.0886. The van der Waals surface area contributed by atoms with Gasteiger partial charge >= 0.3 is 0 Å². The first-order chi connectivity index (χ1) is 9.15. The topological polar surface area (TPSA) is 34.0 Å². The number of hydrogen-bond acceptors (Lipinski definition) is 2. The molecular formula is C16H20N2O. The van der Waals surface area contributed by atoms with Crippen LogP contribution in [0.4, 0.5) is 0 Å². The number of aromatic nitrogens is 1. The predicted octanol–water partition coefficient (Wildman–Crippen LogP) is 2.82. The Labute approximate surface area is 113 Å². The van der Waals surface area contributed by atoms with Gasteiger partial charge in [0.25, 0.3) is 5.56 Å². The van der Waals surface area contributed by atoms with Gasteiger partial charge in [0, 0.05) is 18.2 Å². The van der Waals surface area contributed by atoms with Crippen molar-refractivity contribution in [2.24, 2.45) is 0 Å². The van der Waals surface area contributed by atoms with Gasteiger partial charge < -0.3 is 9.88 Å². The lowest BCUT2D eigenvalue weighted by molar-refractivity contribution is 0.577. The van der Waals surface area contributed by atoms with Gasteiger partial charge in [-0.15, -0.1) is 0 Å². The van der Waals surface area contributed by atoms with E-state index in [1.54, 1.807) is 0 Å². The van der Waals surface area contributed by atoms with Crippen molar-refractivity contribution >= 4 is 0 Å². The summed E-state index contributed by atoms with van der Waals surface area (Å²) >= 11 is 0. The zero-order valence-electron chi connectivity index (χ0n) is 11.7. The number of nitrogens with zero attached hydrogens (tertiary/aromatic N) is 1. The molecule has 0 aliphatic carbocycles. The van der Waals surface area contributed by atoms with Crippen LogP contribution < -0.4 is 10.9 Å². The van der Waals surface area contributed by atoms with E-state index in [0.29, 0.717) is 6.54 Å². The molecule has 0 amide bonds. The number of benzene rings is 1. The minimum Gasteiger partial charge on any atom is -0.315 e. The highest BCUT2D eigenvalue weighted by Gasteiger charge is 2.12. The summed E-state index contributed by atoms with van der Waals surface area (Å²) in [4.78, 5) is 12.5. The van der Waals surface area contributed by atoms with E-state index in [9.17, 15) is 4.79 Å². The smallest absolute Gasteiger partial charge is 0.255 e. The lowest BCUT2D eigenvalue weighted by Crippen LogP contribution is -2.28. The molecule has 1 aromatic heterocycles. The Balaban J connectivity index is 2.63. The molecule has 0 aliphatic rings. The average molecular weight is 256 g/mol. The molecule has 0 saturated carbocycles. The van der Waals surface area contributed by atoms with E-state index in [2.05, 4.69) is 5.32 Å². The van der Waals surface area contributed by atoms with Crippen LogP contribution in [0.1, 0.15) is 25.5 Å². The molecule has 0 radical (unpaired) electrons. The molecule has 0 bridgehead atoms. The van der Waals surface area contributed by atoms with E-state index < -0.39 is 0 Å². The van der Waals surface area contributed by atoms with Crippen LogP contribution in [-0.2, 0) is 6.54 Å². The molecule has 2 aromatic rings. The zero-order chi connectivity index (χ0) is 13.8. The third-order valence-electron chi connectivity index (χ3n) is 3.15. The fourth-order valence-corrected chi connectivity index (χ4v) is 2.28. The zero-order valence-corrected chi connectivity index (χ0v) is 11.7. The van der Waals surface area contributed by atoms with Gasteiger partial charge in [0.2, 0.25) is 0 Å². The number of rotatable bonds is 4. The average Bonchev–Trinajstić information content (AvgIpc) is 2.41. The van der Waals surface area contributed by atoms with Gasteiger partial charge in [-0.25, -0.2) is 0 Å². The lowest BCUT2D eigenvalue weighted by atomic mass is 10.1. The number of hydrogen-bond donors (Lipinski definition) is 1. The highest BCUT2D eigenvalue weighted by molar-refractivity contribution is 5.59. The third kappa shape index (κ3) is 2.76. The summed E-state index contributed by atoms with van der Waals surface area (Å²) in [7, 11) is 1.85. The highest BCUT2D eigenvalue weighted by Crippen LogP contribution is 2.20. The fraction of sp³-hybridized carbons (Fsp3) is 0.312. The number of pyridine rings is 1. The molecule has 2 rings (SSSR count). The summed E-state index contributed by atoms with van der Waals surface area (Å²) in [5.74, 6) is 0. The van der Waals surface area contributed by atoms with Gasteiger partial charge in [0.15, 0.2) is 0 Å². The molecule has 0 atom stereocenters. The van der Waals surface area contributed by atoms with E-state index >= 15 is 0 Å². The van der Waals surface area contributed by atoms with E-state index in [0.717, 1.165) is 16.8 Å². The maximum absolute atomic E-state index is 12.5. The van der Waals surface area contributed by atoms with Crippen molar-refractivity contribution in [1.82, 2.24) is 9.88 Å². The second-order valence-electron chi connectivity index (χ2n) is 4.91. The van der Waals surface area contributed by atoms with Crippen molar-refractivity contribution in [3.8, 4) is 11.3 Å². The fourth-order valence-electron chi connectivity index (χ4n) is 2.28. The summed E-state index contributed by atoms with van der Waals surface area (Å²) in [5, 5.41) is 3.04. The van der Waals surface area contributed by atoms with Crippen molar-refractivity contribution in [1.29, 1.82) is 0 Å². The summed E-state index contributed by atoms with van der Waals surface area (Å²) in [5.41, 5.74) is 2.94. The van der Waals surface area contributed by atoms with Gasteiger partial charge in [0.1, 0.15) is 0 Å². The monoisotopic (exact) mass is 256 g/mol. The molecule has 1 aromatic carbocycles. The van der Waals surface area contributed by atoms with Crippen molar-refractivity contribution in [3.63, 3.8) is 0 Å². The van der Waals surface area contributed by atoms with Crippen molar-refractivity contribution < 1.29 is 0 Å². The molecule has 1 N–H and O–H groups in total. The van der Waals surface area contributed by atoms with Crippen LogP contribution in [0.5, 0.6) is 0 Å². The van der Waals surface area contributed by atoms with E-state index in [-0.39, 0.29) is 11.6 Å². The molecule has 1 heterocycles. The highest BCUT2D eigenvalue weighted by atomic mass is 16.1. The first-order valence-electron chi connectivity index (χ1n) is 6.59. The van der Waals surface area contributed by atoms with Crippen LogP contribution in [-0.4, -0.2) is 11.6 Å². The first-order valence-corrected chi connectivity index (χ1v) is 6.59. The van der Waals surface area contributed by atoms with E-state index in [4.69, 9.17) is 0 Å². The van der Waals surface area contributed by atoms with Crippen LogP contribution >= 0.6 is 0 Å². The van der Waals surface area contributed by atoms with E-state index in [1.807, 2.05) is 67.9 Å². The molecule has 0 fully saturated rings. The molecular weight excluding hydrogens is 236 g/mol. The Morgan fingerprint density at radius 1 is 1.11 bits per heavy atom. The largest absolute Gasteiger partial charge is 0.315 e.